The number of para-hydroxylation sites is 1. The van der Waals surface area contributed by atoms with Crippen molar-refractivity contribution in [3.63, 3.8) is 0 Å². The number of nitrogens with one attached hydrogen (secondary N) is 1. The van der Waals surface area contributed by atoms with Gasteiger partial charge in [-0.25, -0.2) is 4.79 Å². The van der Waals surface area contributed by atoms with Gasteiger partial charge in [0.15, 0.2) is 0 Å². The van der Waals surface area contributed by atoms with Crippen molar-refractivity contribution >= 4 is 17.6 Å². The van der Waals surface area contributed by atoms with E-state index in [0.717, 1.165) is 36.4 Å². The van der Waals surface area contributed by atoms with E-state index in [9.17, 15) is 9.59 Å². The summed E-state index contributed by atoms with van der Waals surface area (Å²) < 4.78 is 5.34. The highest BCUT2D eigenvalue weighted by Gasteiger charge is 2.22. The van der Waals surface area contributed by atoms with Crippen molar-refractivity contribution in [3.8, 4) is 5.75 Å². The molecule has 102 valence electrons. The SMILES string of the molecule is COc1cccc2c1N(CC(=O)NC(N)=O)CCC2. The molecule has 0 unspecified atom stereocenters. The van der Waals surface area contributed by atoms with Crippen molar-refractivity contribution in [2.24, 2.45) is 5.73 Å². The van der Waals surface area contributed by atoms with Crippen LogP contribution in [0, 0.1) is 0 Å². The number of nitrogens with zero attached hydrogens (tertiary/aromatic N) is 1. The van der Waals surface area contributed by atoms with Gasteiger partial charge in [0.2, 0.25) is 5.91 Å². The molecule has 0 spiro atoms. The maximum Gasteiger partial charge on any atom is 0.318 e. The number of primary amides is 1. The highest BCUT2D eigenvalue weighted by atomic mass is 16.5. The van der Waals surface area contributed by atoms with Crippen molar-refractivity contribution in [3.05, 3.63) is 23.8 Å². The highest BCUT2D eigenvalue weighted by Crippen LogP contribution is 2.35. The number of methoxy groups -OCH3 is 1. The number of imide groups is 1. The molecule has 1 aliphatic heterocycles. The number of hydrogen-bond acceptors (Lipinski definition) is 4. The first-order valence-electron chi connectivity index (χ1n) is 6.12. The predicted molar refractivity (Wildman–Crippen MR) is 71.3 cm³/mol. The largest absolute Gasteiger partial charge is 0.495 e. The third-order valence-electron chi connectivity index (χ3n) is 3.09. The monoisotopic (exact) mass is 263 g/mol. The Labute approximate surface area is 111 Å². The van der Waals surface area contributed by atoms with E-state index in [-0.39, 0.29) is 6.54 Å². The van der Waals surface area contributed by atoms with Gasteiger partial charge in [-0.15, -0.1) is 0 Å². The first-order valence-corrected chi connectivity index (χ1v) is 6.12. The second-order valence-corrected chi connectivity index (χ2v) is 4.41. The van der Waals surface area contributed by atoms with Crippen LogP contribution in [0.3, 0.4) is 0 Å². The van der Waals surface area contributed by atoms with Crippen molar-refractivity contribution in [2.45, 2.75) is 12.8 Å². The van der Waals surface area contributed by atoms with E-state index >= 15 is 0 Å². The minimum atomic E-state index is -0.831. The van der Waals surface area contributed by atoms with E-state index in [1.165, 1.54) is 0 Å². The molecule has 6 nitrogen and oxygen atoms in total. The number of anilines is 1. The lowest BCUT2D eigenvalue weighted by Crippen LogP contribution is -2.43. The van der Waals surface area contributed by atoms with E-state index in [1.807, 2.05) is 23.1 Å². The maximum atomic E-state index is 11.6. The van der Waals surface area contributed by atoms with Crippen LogP contribution in [0.2, 0.25) is 0 Å². The summed E-state index contributed by atoms with van der Waals surface area (Å²) in [6.07, 6.45) is 1.92. The van der Waals surface area contributed by atoms with E-state index < -0.39 is 11.9 Å². The van der Waals surface area contributed by atoms with Gasteiger partial charge in [-0.05, 0) is 24.5 Å². The number of aryl methyl sites for hydroxylation is 1. The average Bonchev–Trinajstić information content (AvgIpc) is 2.37. The number of benzene rings is 1. The number of ether oxygens (including phenoxy) is 1. The summed E-state index contributed by atoms with van der Waals surface area (Å²) in [5.74, 6) is 0.329. The van der Waals surface area contributed by atoms with Gasteiger partial charge >= 0.3 is 6.03 Å². The lowest BCUT2D eigenvalue weighted by Gasteiger charge is -2.31. The Kier molecular flexibility index (Phi) is 3.89. The molecule has 6 heteroatoms. The molecule has 0 saturated heterocycles. The molecule has 0 fully saturated rings. The number of carbonyl (C=O) groups is 2. The molecular weight excluding hydrogens is 246 g/mol. The standard InChI is InChI=1S/C13H17N3O3/c1-19-10-6-2-4-9-5-3-7-16(12(9)10)8-11(17)15-13(14)18/h2,4,6H,3,5,7-8H2,1H3,(H3,14,15,17,18). The Morgan fingerprint density at radius 1 is 1.47 bits per heavy atom. The van der Waals surface area contributed by atoms with Crippen LogP contribution in [0.25, 0.3) is 0 Å². The molecule has 0 aromatic heterocycles. The van der Waals surface area contributed by atoms with Crippen LogP contribution in [0.4, 0.5) is 10.5 Å². The number of hydrogen-bond donors (Lipinski definition) is 2. The van der Waals surface area contributed by atoms with Gasteiger partial charge in [0.25, 0.3) is 0 Å². The van der Waals surface area contributed by atoms with E-state index in [2.05, 4.69) is 5.32 Å². The minimum absolute atomic E-state index is 0.0936. The number of urea groups is 1. The maximum absolute atomic E-state index is 11.6. The molecule has 0 saturated carbocycles. The van der Waals surface area contributed by atoms with Gasteiger partial charge in [0, 0.05) is 6.54 Å². The molecule has 1 heterocycles. The van der Waals surface area contributed by atoms with Gasteiger partial charge in [0.1, 0.15) is 5.75 Å². The van der Waals surface area contributed by atoms with Gasteiger partial charge in [-0.1, -0.05) is 12.1 Å². The highest BCUT2D eigenvalue weighted by molar-refractivity contribution is 5.96. The third-order valence-corrected chi connectivity index (χ3v) is 3.09. The first kappa shape index (κ1) is 13.2. The normalized spacial score (nSPS) is 13.6. The van der Waals surface area contributed by atoms with Gasteiger partial charge in [0.05, 0.1) is 19.3 Å². The van der Waals surface area contributed by atoms with Crippen LogP contribution < -0.4 is 20.7 Å². The van der Waals surface area contributed by atoms with Crippen LogP contribution in [-0.4, -0.2) is 32.1 Å². The topological polar surface area (TPSA) is 84.7 Å². The van der Waals surface area contributed by atoms with Crippen LogP contribution in [0.15, 0.2) is 18.2 Å². The van der Waals surface area contributed by atoms with Gasteiger partial charge in [-0.3, -0.25) is 10.1 Å². The minimum Gasteiger partial charge on any atom is -0.495 e. The first-order chi connectivity index (χ1) is 9.11. The molecule has 3 N–H and O–H groups in total. The number of fused-ring (bicyclic) bond motifs is 1. The van der Waals surface area contributed by atoms with Crippen molar-refractivity contribution in [1.29, 1.82) is 0 Å². The smallest absolute Gasteiger partial charge is 0.318 e. The third kappa shape index (κ3) is 2.96. The van der Waals surface area contributed by atoms with Gasteiger partial charge in [-0.2, -0.15) is 0 Å². The van der Waals surface area contributed by atoms with Crippen molar-refractivity contribution in [1.82, 2.24) is 5.32 Å². The van der Waals surface area contributed by atoms with Crippen LogP contribution in [0.5, 0.6) is 5.75 Å². The Bertz CT molecular complexity index is 488. The molecule has 1 aromatic carbocycles. The van der Waals surface area contributed by atoms with Crippen LogP contribution in [-0.2, 0) is 11.2 Å². The molecule has 0 atom stereocenters. The zero-order valence-electron chi connectivity index (χ0n) is 10.8. The fraction of sp³-hybridized carbons (Fsp3) is 0.385. The Hall–Kier alpha value is -2.24. The molecular formula is C13H17N3O3. The second kappa shape index (κ2) is 5.60. The summed E-state index contributed by atoms with van der Waals surface area (Å²) >= 11 is 0. The summed E-state index contributed by atoms with van der Waals surface area (Å²) in [4.78, 5) is 24.2. The van der Waals surface area contributed by atoms with Crippen molar-refractivity contribution in [2.75, 3.05) is 25.1 Å². The number of rotatable bonds is 3. The Morgan fingerprint density at radius 2 is 2.26 bits per heavy atom. The van der Waals surface area contributed by atoms with E-state index in [4.69, 9.17) is 10.5 Å². The molecule has 1 aliphatic rings. The molecule has 0 radical (unpaired) electrons. The van der Waals surface area contributed by atoms with E-state index in [1.54, 1.807) is 7.11 Å². The molecule has 2 rings (SSSR count). The van der Waals surface area contributed by atoms with E-state index in [0.29, 0.717) is 0 Å². The second-order valence-electron chi connectivity index (χ2n) is 4.41. The van der Waals surface area contributed by atoms with Crippen molar-refractivity contribution < 1.29 is 14.3 Å². The zero-order chi connectivity index (χ0) is 13.8. The molecule has 0 aliphatic carbocycles. The lowest BCUT2D eigenvalue weighted by molar-refractivity contribution is -0.118. The fourth-order valence-corrected chi connectivity index (χ4v) is 2.37. The predicted octanol–water partition coefficient (Wildman–Crippen LogP) is 0.643. The summed E-state index contributed by atoms with van der Waals surface area (Å²) in [6.45, 7) is 0.843. The average molecular weight is 263 g/mol. The fourth-order valence-electron chi connectivity index (χ4n) is 2.37. The quantitative estimate of drug-likeness (QED) is 0.838. The summed E-state index contributed by atoms with van der Waals surface area (Å²) in [6, 6.07) is 4.99. The summed E-state index contributed by atoms with van der Waals surface area (Å²) in [5, 5.41) is 2.08. The lowest BCUT2D eigenvalue weighted by atomic mass is 10.0. The van der Waals surface area contributed by atoms with Crippen LogP contribution in [0.1, 0.15) is 12.0 Å². The number of carbonyl (C=O) groups excluding carboxylic acids is 2. The zero-order valence-corrected chi connectivity index (χ0v) is 10.8. The summed E-state index contributed by atoms with van der Waals surface area (Å²) in [7, 11) is 1.60. The Morgan fingerprint density at radius 3 is 2.95 bits per heavy atom. The molecule has 1 aromatic rings. The summed E-state index contributed by atoms with van der Waals surface area (Å²) in [5.41, 5.74) is 7.01. The van der Waals surface area contributed by atoms with Crippen LogP contribution >= 0.6 is 0 Å². The Balaban J connectivity index is 2.21. The number of amides is 3. The molecule has 19 heavy (non-hydrogen) atoms. The van der Waals surface area contributed by atoms with Gasteiger partial charge < -0.3 is 15.4 Å². The molecule has 0 bridgehead atoms. The molecule has 3 amide bonds. The number of nitrogens with two attached hydrogens (primary N) is 1.